The highest BCUT2D eigenvalue weighted by Gasteiger charge is 2.24. The summed E-state index contributed by atoms with van der Waals surface area (Å²) in [5.74, 6) is 0.858. The molecular formula is C17H25ClN2O5S. The number of halogens is 1. The van der Waals surface area contributed by atoms with Crippen molar-refractivity contribution in [2.75, 3.05) is 58.4 Å². The van der Waals surface area contributed by atoms with Crippen molar-refractivity contribution < 1.29 is 22.7 Å². The number of hydrogen-bond donors (Lipinski definition) is 0. The van der Waals surface area contributed by atoms with Crippen LogP contribution in [0.1, 0.15) is 17.3 Å². The fourth-order valence-electron chi connectivity index (χ4n) is 2.78. The number of sulfone groups is 1. The maximum Gasteiger partial charge on any atom is 0.254 e. The van der Waals surface area contributed by atoms with Crippen LogP contribution in [0.2, 0.25) is 5.02 Å². The molecule has 0 bridgehead atoms. The fourth-order valence-corrected chi connectivity index (χ4v) is 3.63. The topological polar surface area (TPSA) is 76.2 Å². The van der Waals surface area contributed by atoms with E-state index in [0.717, 1.165) is 0 Å². The molecule has 0 spiro atoms. The molecule has 146 valence electrons. The lowest BCUT2D eigenvalue weighted by Gasteiger charge is -2.34. The van der Waals surface area contributed by atoms with Gasteiger partial charge in [0, 0.05) is 44.5 Å². The summed E-state index contributed by atoms with van der Waals surface area (Å²) in [5, 5.41) is 0.335. The van der Waals surface area contributed by atoms with Crippen LogP contribution in [0.4, 0.5) is 0 Å². The number of piperazine rings is 1. The highest BCUT2D eigenvalue weighted by molar-refractivity contribution is 7.90. The minimum Gasteiger partial charge on any atom is -0.493 e. The number of rotatable bonds is 7. The van der Waals surface area contributed by atoms with Crippen LogP contribution in [0, 0.1) is 0 Å². The van der Waals surface area contributed by atoms with E-state index in [2.05, 4.69) is 4.90 Å². The number of methoxy groups -OCH3 is 1. The Kier molecular flexibility index (Phi) is 7.14. The molecule has 0 aliphatic carbocycles. The summed E-state index contributed by atoms with van der Waals surface area (Å²) in [4.78, 5) is 16.6. The smallest absolute Gasteiger partial charge is 0.254 e. The second-order valence-electron chi connectivity index (χ2n) is 6.19. The summed E-state index contributed by atoms with van der Waals surface area (Å²) in [6, 6.07) is 3.22. The maximum absolute atomic E-state index is 12.8. The normalized spacial score (nSPS) is 15.8. The Bertz CT molecular complexity index is 746. The van der Waals surface area contributed by atoms with Crippen LogP contribution in [-0.2, 0) is 9.84 Å². The van der Waals surface area contributed by atoms with E-state index < -0.39 is 9.84 Å². The second kappa shape index (κ2) is 8.92. The molecule has 1 aliphatic rings. The summed E-state index contributed by atoms with van der Waals surface area (Å²) in [5.41, 5.74) is 0.444. The number of carbonyl (C=O) groups excluding carboxylic acids is 1. The number of carbonyl (C=O) groups is 1. The average Bonchev–Trinajstić information content (AvgIpc) is 2.60. The minimum atomic E-state index is -2.98. The van der Waals surface area contributed by atoms with Crippen molar-refractivity contribution >= 4 is 27.3 Å². The van der Waals surface area contributed by atoms with E-state index in [-0.39, 0.29) is 11.7 Å². The second-order valence-corrected chi connectivity index (χ2v) is 8.85. The van der Waals surface area contributed by atoms with Crippen molar-refractivity contribution in [2.24, 2.45) is 0 Å². The van der Waals surface area contributed by atoms with Crippen LogP contribution >= 0.6 is 11.6 Å². The third kappa shape index (κ3) is 5.49. The molecule has 7 nitrogen and oxygen atoms in total. The first-order chi connectivity index (χ1) is 12.2. The Morgan fingerprint density at radius 1 is 1.23 bits per heavy atom. The first-order valence-electron chi connectivity index (χ1n) is 8.45. The van der Waals surface area contributed by atoms with E-state index in [9.17, 15) is 13.2 Å². The third-order valence-electron chi connectivity index (χ3n) is 4.20. The SMILES string of the molecule is CCOc1c(Cl)cc(C(=O)N2CCN(CCS(C)(=O)=O)CC2)cc1OC. The van der Waals surface area contributed by atoms with Gasteiger partial charge in [-0.3, -0.25) is 9.69 Å². The van der Waals surface area contributed by atoms with Crippen LogP contribution in [0.15, 0.2) is 12.1 Å². The van der Waals surface area contributed by atoms with E-state index in [4.69, 9.17) is 21.1 Å². The molecule has 9 heteroatoms. The van der Waals surface area contributed by atoms with Crippen LogP contribution in [0.25, 0.3) is 0 Å². The number of benzene rings is 1. The first kappa shape index (κ1) is 20.8. The van der Waals surface area contributed by atoms with Gasteiger partial charge in [-0.05, 0) is 19.1 Å². The third-order valence-corrected chi connectivity index (χ3v) is 5.41. The number of ether oxygens (including phenoxy) is 2. The van der Waals surface area contributed by atoms with Crippen molar-refractivity contribution in [3.05, 3.63) is 22.7 Å². The van der Waals surface area contributed by atoms with Gasteiger partial charge in [-0.2, -0.15) is 0 Å². The molecule has 0 radical (unpaired) electrons. The Labute approximate surface area is 159 Å². The van der Waals surface area contributed by atoms with E-state index in [1.165, 1.54) is 13.4 Å². The Balaban J connectivity index is 2.03. The zero-order chi connectivity index (χ0) is 19.3. The summed E-state index contributed by atoms with van der Waals surface area (Å²) in [6.45, 7) is 5.14. The van der Waals surface area contributed by atoms with Crippen LogP contribution in [0.3, 0.4) is 0 Å². The average molecular weight is 405 g/mol. The van der Waals surface area contributed by atoms with Gasteiger partial charge in [0.15, 0.2) is 11.5 Å². The summed E-state index contributed by atoms with van der Waals surface area (Å²) >= 11 is 6.24. The lowest BCUT2D eigenvalue weighted by atomic mass is 10.1. The zero-order valence-electron chi connectivity index (χ0n) is 15.3. The van der Waals surface area contributed by atoms with E-state index >= 15 is 0 Å². The fraction of sp³-hybridized carbons (Fsp3) is 0.588. The molecule has 0 saturated carbocycles. The molecule has 1 aliphatic heterocycles. The molecule has 1 heterocycles. The summed E-state index contributed by atoms with van der Waals surface area (Å²) < 4.78 is 33.3. The minimum absolute atomic E-state index is 0.129. The van der Waals surface area contributed by atoms with E-state index in [0.29, 0.717) is 61.4 Å². The lowest BCUT2D eigenvalue weighted by Crippen LogP contribution is -2.49. The van der Waals surface area contributed by atoms with Crippen molar-refractivity contribution in [3.8, 4) is 11.5 Å². The van der Waals surface area contributed by atoms with E-state index in [1.807, 2.05) is 6.92 Å². The number of hydrogen-bond acceptors (Lipinski definition) is 6. The van der Waals surface area contributed by atoms with Crippen molar-refractivity contribution in [1.29, 1.82) is 0 Å². The number of nitrogens with zero attached hydrogens (tertiary/aromatic N) is 2. The van der Waals surface area contributed by atoms with Gasteiger partial charge in [-0.25, -0.2) is 8.42 Å². The molecule has 1 saturated heterocycles. The standard InChI is InChI=1S/C17H25ClN2O5S/c1-4-25-16-14(18)11-13(12-15(16)24-2)17(21)20-7-5-19(6-8-20)9-10-26(3,22)23/h11-12H,4-10H2,1-3H3. The largest absolute Gasteiger partial charge is 0.493 e. The van der Waals surface area contributed by atoms with Crippen molar-refractivity contribution in [1.82, 2.24) is 9.80 Å². The van der Waals surface area contributed by atoms with Crippen LogP contribution in [-0.4, -0.2) is 82.6 Å². The zero-order valence-corrected chi connectivity index (χ0v) is 16.9. The van der Waals surface area contributed by atoms with Gasteiger partial charge in [0.25, 0.3) is 5.91 Å². The molecule has 2 rings (SSSR count). The highest BCUT2D eigenvalue weighted by Crippen LogP contribution is 2.36. The number of amides is 1. The van der Waals surface area contributed by atoms with Gasteiger partial charge in [0.1, 0.15) is 9.84 Å². The van der Waals surface area contributed by atoms with Crippen LogP contribution < -0.4 is 9.47 Å². The van der Waals surface area contributed by atoms with E-state index in [1.54, 1.807) is 17.0 Å². The Morgan fingerprint density at radius 2 is 1.88 bits per heavy atom. The maximum atomic E-state index is 12.8. The molecule has 1 amide bonds. The molecular weight excluding hydrogens is 380 g/mol. The van der Waals surface area contributed by atoms with Crippen molar-refractivity contribution in [3.63, 3.8) is 0 Å². The molecule has 0 atom stereocenters. The predicted octanol–water partition coefficient (Wildman–Crippen LogP) is 1.55. The predicted molar refractivity (Wildman–Crippen MR) is 101 cm³/mol. The monoisotopic (exact) mass is 404 g/mol. The Morgan fingerprint density at radius 3 is 2.42 bits per heavy atom. The highest BCUT2D eigenvalue weighted by atomic mass is 35.5. The van der Waals surface area contributed by atoms with Gasteiger partial charge < -0.3 is 14.4 Å². The molecule has 0 unspecified atom stereocenters. The Hall–Kier alpha value is -1.51. The van der Waals surface area contributed by atoms with Gasteiger partial charge >= 0.3 is 0 Å². The van der Waals surface area contributed by atoms with Gasteiger partial charge in [-0.1, -0.05) is 11.6 Å². The summed E-state index contributed by atoms with van der Waals surface area (Å²) in [7, 11) is -1.48. The molecule has 1 fully saturated rings. The molecule has 26 heavy (non-hydrogen) atoms. The quantitative estimate of drug-likeness (QED) is 0.686. The van der Waals surface area contributed by atoms with Crippen molar-refractivity contribution in [2.45, 2.75) is 6.92 Å². The summed E-state index contributed by atoms with van der Waals surface area (Å²) in [6.07, 6.45) is 1.23. The van der Waals surface area contributed by atoms with Gasteiger partial charge in [0.2, 0.25) is 0 Å². The van der Waals surface area contributed by atoms with Crippen LogP contribution in [0.5, 0.6) is 11.5 Å². The molecule has 0 N–H and O–H groups in total. The van der Waals surface area contributed by atoms with Gasteiger partial charge in [0.05, 0.1) is 24.5 Å². The molecule has 1 aromatic rings. The molecule has 1 aromatic carbocycles. The first-order valence-corrected chi connectivity index (χ1v) is 10.9. The lowest BCUT2D eigenvalue weighted by molar-refractivity contribution is 0.0643. The van der Waals surface area contributed by atoms with Gasteiger partial charge in [-0.15, -0.1) is 0 Å². The molecule has 0 aromatic heterocycles.